The third-order valence-electron chi connectivity index (χ3n) is 10.7. The van der Waals surface area contributed by atoms with Crippen LogP contribution in [0.2, 0.25) is 0 Å². The molecule has 1 atom stereocenters. The van der Waals surface area contributed by atoms with E-state index in [-0.39, 0.29) is 30.8 Å². The van der Waals surface area contributed by atoms with Crippen LogP contribution in [0.1, 0.15) is 195 Å². The SMILES string of the molecule is CCCCCCCCCCCCCCCCCCCCCCCCCC(CCOCCOCCOCCOCCOCCOCCN(C)C(=O)CCO)C(=O)OC(C)(C)C. The van der Waals surface area contributed by atoms with E-state index in [1.807, 2.05) is 20.8 Å². The zero-order valence-electron chi connectivity index (χ0n) is 39.9. The van der Waals surface area contributed by atoms with Crippen LogP contribution in [0.4, 0.5) is 0 Å². The van der Waals surface area contributed by atoms with Crippen molar-refractivity contribution in [1.82, 2.24) is 4.90 Å². The molecule has 0 bridgehead atoms. The first kappa shape index (κ1) is 58.7. The Hall–Kier alpha value is -1.34. The fourth-order valence-corrected chi connectivity index (χ4v) is 6.98. The Bertz CT molecular complexity index is 902. The Morgan fingerprint density at radius 2 is 0.783 bits per heavy atom. The van der Waals surface area contributed by atoms with E-state index in [2.05, 4.69) is 6.92 Å². The number of hydrogen-bond donors (Lipinski definition) is 1. The predicted molar refractivity (Wildman–Crippen MR) is 245 cm³/mol. The topological polar surface area (TPSA) is 122 Å². The van der Waals surface area contributed by atoms with Crippen molar-refractivity contribution in [3.63, 3.8) is 0 Å². The number of esters is 1. The van der Waals surface area contributed by atoms with E-state index in [9.17, 15) is 9.59 Å². The number of ether oxygens (including phenoxy) is 7. The summed E-state index contributed by atoms with van der Waals surface area (Å²) in [6, 6.07) is 0. The molecule has 0 aliphatic rings. The molecule has 0 saturated heterocycles. The van der Waals surface area contributed by atoms with Crippen molar-refractivity contribution in [2.75, 3.05) is 99.5 Å². The molecule has 11 heteroatoms. The van der Waals surface area contributed by atoms with E-state index in [1.54, 1.807) is 11.9 Å². The molecule has 1 amide bonds. The summed E-state index contributed by atoms with van der Waals surface area (Å²) >= 11 is 0. The van der Waals surface area contributed by atoms with Crippen molar-refractivity contribution in [3.8, 4) is 0 Å². The van der Waals surface area contributed by atoms with Crippen LogP contribution in [-0.4, -0.2) is 127 Å². The van der Waals surface area contributed by atoms with Gasteiger partial charge in [0.25, 0.3) is 0 Å². The highest BCUT2D eigenvalue weighted by Crippen LogP contribution is 2.21. The molecule has 60 heavy (non-hydrogen) atoms. The minimum absolute atomic E-state index is 0.0973. The van der Waals surface area contributed by atoms with Gasteiger partial charge in [-0.25, -0.2) is 0 Å². The molecule has 0 aromatic carbocycles. The number of aliphatic hydroxyl groups excluding tert-OH is 1. The van der Waals surface area contributed by atoms with Crippen molar-refractivity contribution in [3.05, 3.63) is 0 Å². The first-order chi connectivity index (χ1) is 29.2. The molecule has 0 aliphatic heterocycles. The second kappa shape index (κ2) is 45.7. The van der Waals surface area contributed by atoms with Gasteiger partial charge in [-0.1, -0.05) is 155 Å². The first-order valence-corrected chi connectivity index (χ1v) is 24.7. The zero-order chi connectivity index (χ0) is 44.0. The average Bonchev–Trinajstić information content (AvgIpc) is 3.21. The van der Waals surface area contributed by atoms with Crippen LogP contribution < -0.4 is 0 Å². The third-order valence-corrected chi connectivity index (χ3v) is 10.7. The minimum Gasteiger partial charge on any atom is -0.460 e. The molecule has 0 spiro atoms. The lowest BCUT2D eigenvalue weighted by atomic mass is 9.97. The number of rotatable bonds is 48. The highest BCUT2D eigenvalue weighted by atomic mass is 16.6. The number of carbonyl (C=O) groups excluding carboxylic acids is 2. The van der Waals surface area contributed by atoms with Gasteiger partial charge in [0.1, 0.15) is 5.60 Å². The molecule has 11 nitrogen and oxygen atoms in total. The lowest BCUT2D eigenvalue weighted by Crippen LogP contribution is -2.30. The second-order valence-electron chi connectivity index (χ2n) is 17.5. The molecular weight excluding hydrogens is 763 g/mol. The average molecular weight is 860 g/mol. The van der Waals surface area contributed by atoms with Gasteiger partial charge in [0.2, 0.25) is 5.91 Å². The summed E-state index contributed by atoms with van der Waals surface area (Å²) in [5.74, 6) is -0.331. The number of hydrogen-bond acceptors (Lipinski definition) is 10. The molecule has 1 unspecified atom stereocenters. The van der Waals surface area contributed by atoms with Gasteiger partial charge in [-0.2, -0.15) is 0 Å². The Kier molecular flexibility index (Phi) is 44.7. The van der Waals surface area contributed by atoms with Gasteiger partial charge >= 0.3 is 5.97 Å². The van der Waals surface area contributed by atoms with Gasteiger partial charge in [-0.3, -0.25) is 9.59 Å². The molecule has 0 aromatic heterocycles. The Morgan fingerprint density at radius 3 is 1.12 bits per heavy atom. The van der Waals surface area contributed by atoms with E-state index in [0.29, 0.717) is 92.2 Å². The summed E-state index contributed by atoms with van der Waals surface area (Å²) in [7, 11) is 1.69. The number of nitrogens with zero attached hydrogens (tertiary/aromatic N) is 1. The molecule has 0 heterocycles. The van der Waals surface area contributed by atoms with Crippen LogP contribution in [0.15, 0.2) is 0 Å². The molecule has 0 radical (unpaired) electrons. The molecule has 0 fully saturated rings. The third kappa shape index (κ3) is 44.7. The fourth-order valence-electron chi connectivity index (χ4n) is 6.98. The van der Waals surface area contributed by atoms with Crippen LogP contribution in [0.5, 0.6) is 0 Å². The summed E-state index contributed by atoms with van der Waals surface area (Å²) in [5, 5.41) is 8.81. The van der Waals surface area contributed by atoms with E-state index >= 15 is 0 Å². The highest BCUT2D eigenvalue weighted by molar-refractivity contribution is 5.75. The van der Waals surface area contributed by atoms with Crippen molar-refractivity contribution in [1.29, 1.82) is 0 Å². The molecule has 0 aromatic rings. The summed E-state index contributed by atoms with van der Waals surface area (Å²) in [4.78, 5) is 26.1. The summed E-state index contributed by atoms with van der Waals surface area (Å²) in [5.41, 5.74) is -0.486. The number of amides is 1. The lowest BCUT2D eigenvalue weighted by molar-refractivity contribution is -0.161. The Labute approximate surface area is 369 Å². The van der Waals surface area contributed by atoms with Crippen LogP contribution in [0, 0.1) is 5.92 Å². The molecule has 1 N–H and O–H groups in total. The molecule has 0 saturated carbocycles. The smallest absolute Gasteiger partial charge is 0.309 e. The summed E-state index contributed by atoms with van der Waals surface area (Å²) in [6.07, 6.45) is 33.4. The van der Waals surface area contributed by atoms with Crippen molar-refractivity contribution >= 4 is 11.9 Å². The zero-order valence-corrected chi connectivity index (χ0v) is 39.9. The molecule has 0 aliphatic carbocycles. The van der Waals surface area contributed by atoms with E-state index in [4.69, 9.17) is 38.3 Å². The Balaban J connectivity index is 3.67. The maximum absolute atomic E-state index is 12.9. The van der Waals surface area contributed by atoms with E-state index in [0.717, 1.165) is 12.8 Å². The largest absolute Gasteiger partial charge is 0.460 e. The van der Waals surface area contributed by atoms with Gasteiger partial charge in [-0.05, 0) is 33.6 Å². The summed E-state index contributed by atoms with van der Waals surface area (Å²) in [6.45, 7) is 14.1. The molecule has 0 rings (SSSR count). The van der Waals surface area contributed by atoms with Crippen LogP contribution in [0.3, 0.4) is 0 Å². The molecule has 358 valence electrons. The normalized spacial score (nSPS) is 12.3. The van der Waals surface area contributed by atoms with Crippen molar-refractivity contribution < 1.29 is 47.9 Å². The Morgan fingerprint density at radius 1 is 0.467 bits per heavy atom. The predicted octanol–water partition coefficient (Wildman–Crippen LogP) is 10.7. The van der Waals surface area contributed by atoms with Crippen LogP contribution in [-0.2, 0) is 42.7 Å². The fraction of sp³-hybridized carbons (Fsp3) is 0.959. The summed E-state index contributed by atoms with van der Waals surface area (Å²) < 4.78 is 39.2. The van der Waals surface area contributed by atoms with Gasteiger partial charge in [0.15, 0.2) is 0 Å². The highest BCUT2D eigenvalue weighted by Gasteiger charge is 2.24. The van der Waals surface area contributed by atoms with Gasteiger partial charge in [0.05, 0.1) is 85.2 Å². The van der Waals surface area contributed by atoms with Crippen molar-refractivity contribution in [2.45, 2.75) is 200 Å². The van der Waals surface area contributed by atoms with Crippen LogP contribution in [0.25, 0.3) is 0 Å². The quantitative estimate of drug-likeness (QED) is 0.0467. The number of unbranched alkanes of at least 4 members (excludes halogenated alkanes) is 22. The van der Waals surface area contributed by atoms with Crippen LogP contribution >= 0.6 is 0 Å². The lowest BCUT2D eigenvalue weighted by Gasteiger charge is -2.24. The minimum atomic E-state index is -0.486. The van der Waals surface area contributed by atoms with Crippen molar-refractivity contribution in [2.24, 2.45) is 5.92 Å². The van der Waals surface area contributed by atoms with E-state index < -0.39 is 5.60 Å². The van der Waals surface area contributed by atoms with Gasteiger partial charge in [-0.15, -0.1) is 0 Å². The second-order valence-corrected chi connectivity index (χ2v) is 17.5. The number of carbonyl (C=O) groups is 2. The maximum atomic E-state index is 12.9. The standard InChI is InChI=1S/C49H97NO10/c1-6-7-8-9-10-11-12-13-14-15-16-17-18-19-20-21-22-23-24-25-26-27-28-29-46(48(53)60-49(2,3)4)31-34-54-36-38-56-40-42-58-44-45-59-43-41-57-39-37-55-35-32-50(5)47(52)30-33-51/h46,51H,6-45H2,1-5H3. The number of likely N-dealkylation sites (N-methyl/N-ethyl adjacent to an activating group) is 1. The van der Waals surface area contributed by atoms with Gasteiger partial charge < -0.3 is 43.2 Å². The maximum Gasteiger partial charge on any atom is 0.309 e. The van der Waals surface area contributed by atoms with Gasteiger partial charge in [0, 0.05) is 26.6 Å². The number of aliphatic hydroxyl groups is 1. The van der Waals surface area contributed by atoms with E-state index in [1.165, 1.54) is 141 Å². The monoisotopic (exact) mass is 860 g/mol. The first-order valence-electron chi connectivity index (χ1n) is 24.7. The molecular formula is C49H97NO10.